The fraction of sp³-hybridized carbons (Fsp3) is 0. The first kappa shape index (κ1) is 15.5. The maximum absolute atomic E-state index is 2.24. The molecule has 0 aliphatic carbocycles. The van der Waals surface area contributed by atoms with E-state index in [1.54, 1.807) is 0 Å². The molecule has 3 aromatic carbocycles. The average Bonchev–Trinajstić information content (AvgIpc) is 2.56. The molecule has 0 nitrogen and oxygen atoms in total. The first-order chi connectivity index (χ1) is 6.45. The van der Waals surface area contributed by atoms with Crippen molar-refractivity contribution in [1.82, 2.24) is 0 Å². The van der Waals surface area contributed by atoms with Crippen LogP contribution in [0.4, 0.5) is 0 Å². The maximum Gasteiger partial charge on any atom is 2.00 e. The summed E-state index contributed by atoms with van der Waals surface area (Å²) >= 11 is 0. The van der Waals surface area contributed by atoms with Crippen LogP contribution in [-0.2, 0) is 18.6 Å². The van der Waals surface area contributed by atoms with Crippen LogP contribution in [0.3, 0.4) is 0 Å². The molecule has 3 rings (SSSR count). The largest absolute Gasteiger partial charge is 2.00 e. The molecule has 3 aromatic rings. The molecule has 0 amide bonds. The molecule has 3 heteroatoms. The molecule has 0 bridgehead atoms. The van der Waals surface area contributed by atoms with Crippen molar-refractivity contribution in [2.75, 3.05) is 0 Å². The molecule has 0 saturated carbocycles. The van der Waals surface area contributed by atoms with Crippen molar-refractivity contribution in [2.24, 2.45) is 0 Å². The van der Waals surface area contributed by atoms with Gasteiger partial charge in [-0.15, -0.1) is 39.7 Å². The second-order valence-electron chi connectivity index (χ2n) is 3.32. The van der Waals surface area contributed by atoms with Crippen LogP contribution >= 0.6 is 0 Å². The zero-order chi connectivity index (χ0) is 8.67. The van der Waals surface area contributed by atoms with Crippen LogP contribution in [0.1, 0.15) is 0 Å². The minimum Gasteiger partial charge on any atom is -1.00 e. The van der Waals surface area contributed by atoms with Crippen molar-refractivity contribution in [2.45, 2.75) is 0 Å². The second-order valence-corrected chi connectivity index (χ2v) is 3.32. The Morgan fingerprint density at radius 3 is 1.44 bits per heavy atom. The molecule has 0 N–H and O–H groups in total. The number of hydrogen-bond acceptors (Lipinski definition) is 0. The molecule has 1 radical (unpaired) electrons. The molecule has 0 heterocycles. The summed E-state index contributed by atoms with van der Waals surface area (Å²) in [6.45, 7) is 0. The van der Waals surface area contributed by atoms with Gasteiger partial charge >= 0.3 is 18.6 Å². The van der Waals surface area contributed by atoms with Gasteiger partial charge in [0.1, 0.15) is 0 Å². The van der Waals surface area contributed by atoms with Crippen LogP contribution < -0.4 is 24.8 Å². The van der Waals surface area contributed by atoms with E-state index in [9.17, 15) is 0 Å². The van der Waals surface area contributed by atoms with Gasteiger partial charge in [0.25, 0.3) is 0 Å². The molecule has 16 heavy (non-hydrogen) atoms. The van der Waals surface area contributed by atoms with Gasteiger partial charge in [0.15, 0.2) is 0 Å². The molecule has 0 aliphatic heterocycles. The Morgan fingerprint density at radius 1 is 0.625 bits per heavy atom. The molecule has 0 aliphatic rings. The van der Waals surface area contributed by atoms with E-state index in [1.165, 1.54) is 21.5 Å². The Morgan fingerprint density at radius 2 is 1.00 bits per heavy atom. The van der Waals surface area contributed by atoms with Gasteiger partial charge in [0.05, 0.1) is 0 Å². The Hall–Kier alpha value is -0.526. The Labute approximate surface area is 119 Å². The minimum atomic E-state index is 0. The predicted octanol–water partition coefficient (Wildman–Crippen LogP) is -2.28. The molecule has 0 saturated heterocycles. The summed E-state index contributed by atoms with van der Waals surface area (Å²) in [6, 6.07) is 19.3. The second kappa shape index (κ2) is 6.27. The van der Waals surface area contributed by atoms with Crippen LogP contribution in [0.5, 0.6) is 0 Å². The van der Waals surface area contributed by atoms with Crippen molar-refractivity contribution < 1.29 is 43.4 Å². The molecule has 0 spiro atoms. The van der Waals surface area contributed by atoms with Gasteiger partial charge < -0.3 is 24.8 Å². The van der Waals surface area contributed by atoms with Crippen LogP contribution in [0.15, 0.2) is 54.6 Å². The van der Waals surface area contributed by atoms with Gasteiger partial charge in [-0.05, 0) is 0 Å². The van der Waals surface area contributed by atoms with Gasteiger partial charge in [-0.1, -0.05) is 36.4 Å². The summed E-state index contributed by atoms with van der Waals surface area (Å²) in [5.41, 5.74) is 0. The Kier molecular flexibility index (Phi) is 6.06. The molecule has 0 unspecified atom stereocenters. The fourth-order valence-corrected chi connectivity index (χ4v) is 1.90. The molecular formula is C13H9Cl2V-. The topological polar surface area (TPSA) is 0 Å². The Balaban J connectivity index is 0.000000750. The van der Waals surface area contributed by atoms with Crippen molar-refractivity contribution in [1.29, 1.82) is 0 Å². The zero-order valence-electron chi connectivity index (χ0n) is 8.40. The Bertz CT molecular complexity index is 522. The first-order valence-electron chi connectivity index (χ1n) is 4.48. The van der Waals surface area contributed by atoms with Gasteiger partial charge in [-0.3, -0.25) is 0 Å². The number of fused-ring (bicyclic) bond motifs is 3. The smallest absolute Gasteiger partial charge is 1.00 e. The third-order valence-electron chi connectivity index (χ3n) is 2.52. The molecule has 0 aromatic heterocycles. The van der Waals surface area contributed by atoms with E-state index < -0.39 is 0 Å². The van der Waals surface area contributed by atoms with E-state index in [2.05, 4.69) is 54.6 Å². The van der Waals surface area contributed by atoms with Crippen molar-refractivity contribution in [3.05, 3.63) is 54.6 Å². The summed E-state index contributed by atoms with van der Waals surface area (Å²) < 4.78 is 0. The molecule has 0 atom stereocenters. The summed E-state index contributed by atoms with van der Waals surface area (Å²) in [5, 5.41) is 5.39. The molecule has 0 fully saturated rings. The number of hydrogen-bond donors (Lipinski definition) is 0. The average molecular weight is 287 g/mol. The SMILES string of the molecule is [Cl-].[Cl-].[V+2].c1ccc2c(c1)[cH-]c1ccccc12. The number of halogens is 2. The number of rotatable bonds is 0. The van der Waals surface area contributed by atoms with Gasteiger partial charge in [-0.25, -0.2) is 0 Å². The third kappa shape index (κ3) is 2.41. The normalized spacial score (nSPS) is 9.00. The van der Waals surface area contributed by atoms with Crippen LogP contribution in [0.2, 0.25) is 0 Å². The van der Waals surface area contributed by atoms with Crippen molar-refractivity contribution in [3.8, 4) is 0 Å². The van der Waals surface area contributed by atoms with E-state index in [0.717, 1.165) is 0 Å². The maximum atomic E-state index is 2.24. The van der Waals surface area contributed by atoms with E-state index in [0.29, 0.717) is 0 Å². The van der Waals surface area contributed by atoms with Gasteiger partial charge in [0, 0.05) is 0 Å². The fourth-order valence-electron chi connectivity index (χ4n) is 1.90. The van der Waals surface area contributed by atoms with E-state index >= 15 is 0 Å². The molecule has 81 valence electrons. The van der Waals surface area contributed by atoms with E-state index in [1.807, 2.05) is 0 Å². The quantitative estimate of drug-likeness (QED) is 0.409. The first-order valence-corrected chi connectivity index (χ1v) is 4.48. The predicted molar refractivity (Wildman–Crippen MR) is 57.0 cm³/mol. The molecular weight excluding hydrogens is 278 g/mol. The summed E-state index contributed by atoms with van der Waals surface area (Å²) in [4.78, 5) is 0. The summed E-state index contributed by atoms with van der Waals surface area (Å²) in [7, 11) is 0. The van der Waals surface area contributed by atoms with Crippen molar-refractivity contribution >= 4 is 21.5 Å². The van der Waals surface area contributed by atoms with Crippen LogP contribution in [0.25, 0.3) is 21.5 Å². The monoisotopic (exact) mass is 286 g/mol. The number of benzene rings is 2. The zero-order valence-corrected chi connectivity index (χ0v) is 11.3. The van der Waals surface area contributed by atoms with Gasteiger partial charge in [0.2, 0.25) is 0 Å². The third-order valence-corrected chi connectivity index (χ3v) is 2.52. The summed E-state index contributed by atoms with van der Waals surface area (Å²) in [5.74, 6) is 0. The summed E-state index contributed by atoms with van der Waals surface area (Å²) in [6.07, 6.45) is 0. The van der Waals surface area contributed by atoms with E-state index in [-0.39, 0.29) is 43.4 Å². The van der Waals surface area contributed by atoms with E-state index in [4.69, 9.17) is 0 Å². The minimum absolute atomic E-state index is 0. The van der Waals surface area contributed by atoms with Crippen LogP contribution in [-0.4, -0.2) is 0 Å². The van der Waals surface area contributed by atoms with Crippen LogP contribution in [0, 0.1) is 0 Å². The van der Waals surface area contributed by atoms with Gasteiger partial charge in [-0.2, -0.15) is 0 Å². The standard InChI is InChI=1S/C13H9.2ClH.V/c1-3-7-12-10(5-1)9-11-6-2-4-8-13(11)12;;;/h1-9H;2*1H;/q-1;;;+2/p-2. The van der Waals surface area contributed by atoms with Crippen molar-refractivity contribution in [3.63, 3.8) is 0 Å².